The number of ether oxygens (including phenoxy) is 1. The number of nitrogens with zero attached hydrogens (tertiary/aromatic N) is 3. The number of hydrogen-bond acceptors (Lipinski definition) is 6. The second-order valence-corrected chi connectivity index (χ2v) is 10.5. The van der Waals surface area contributed by atoms with Gasteiger partial charge in [0.15, 0.2) is 11.6 Å². The molecule has 3 aromatic rings. The molecule has 0 amide bonds. The Morgan fingerprint density at radius 1 is 1.19 bits per heavy atom. The lowest BCUT2D eigenvalue weighted by atomic mass is 9.82. The molecule has 0 spiro atoms. The Morgan fingerprint density at radius 3 is 2.59 bits per heavy atom. The van der Waals surface area contributed by atoms with Gasteiger partial charge in [0, 0.05) is 47.7 Å². The zero-order valence-electron chi connectivity index (χ0n) is 21.4. The summed E-state index contributed by atoms with van der Waals surface area (Å²) in [7, 11) is 0. The maximum absolute atomic E-state index is 13.9. The number of aliphatic carboxylic acids is 1. The minimum absolute atomic E-state index is 0.0875. The van der Waals surface area contributed by atoms with Crippen LogP contribution in [0.2, 0.25) is 5.02 Å². The largest absolute Gasteiger partial charge is 0.489 e. The average Bonchev–Trinajstić information content (AvgIpc) is 2.85. The number of piperidine rings is 1. The van der Waals surface area contributed by atoms with E-state index in [-0.39, 0.29) is 24.2 Å². The fourth-order valence-corrected chi connectivity index (χ4v) is 4.65. The number of anilines is 2. The molecule has 2 aromatic heterocycles. The third-order valence-corrected chi connectivity index (χ3v) is 6.98. The third-order valence-electron chi connectivity index (χ3n) is 6.75. The highest BCUT2D eigenvalue weighted by Gasteiger charge is 2.29. The Morgan fingerprint density at radius 2 is 1.95 bits per heavy atom. The summed E-state index contributed by atoms with van der Waals surface area (Å²) in [6.07, 6.45) is 5.48. The van der Waals surface area contributed by atoms with Gasteiger partial charge in [-0.15, -0.1) is 0 Å². The van der Waals surface area contributed by atoms with Crippen LogP contribution in [0.15, 0.2) is 42.7 Å². The van der Waals surface area contributed by atoms with Crippen LogP contribution in [0, 0.1) is 18.2 Å². The van der Waals surface area contributed by atoms with E-state index in [0.717, 1.165) is 59.8 Å². The third kappa shape index (κ3) is 6.68. The van der Waals surface area contributed by atoms with Crippen molar-refractivity contribution in [1.29, 1.82) is 0 Å². The second-order valence-electron chi connectivity index (χ2n) is 10.1. The fourth-order valence-electron chi connectivity index (χ4n) is 4.49. The molecule has 0 saturated carbocycles. The van der Waals surface area contributed by atoms with Crippen molar-refractivity contribution in [1.82, 2.24) is 9.97 Å². The van der Waals surface area contributed by atoms with Gasteiger partial charge in [-0.25, -0.2) is 4.39 Å². The first-order valence-corrected chi connectivity index (χ1v) is 12.7. The summed E-state index contributed by atoms with van der Waals surface area (Å²) < 4.78 is 19.3. The Hall–Kier alpha value is -3.39. The van der Waals surface area contributed by atoms with Gasteiger partial charge in [0.2, 0.25) is 0 Å². The fraction of sp³-hybridized carbons (Fsp3) is 0.393. The summed E-state index contributed by atoms with van der Waals surface area (Å²) >= 11 is 5.77. The van der Waals surface area contributed by atoms with Gasteiger partial charge in [-0.1, -0.05) is 25.4 Å². The minimum Gasteiger partial charge on any atom is -0.489 e. The van der Waals surface area contributed by atoms with Gasteiger partial charge in [-0.3, -0.25) is 14.8 Å². The van der Waals surface area contributed by atoms with Crippen LogP contribution in [0.25, 0.3) is 11.3 Å². The highest BCUT2D eigenvalue weighted by molar-refractivity contribution is 6.30. The first-order valence-electron chi connectivity index (χ1n) is 12.4. The van der Waals surface area contributed by atoms with Crippen molar-refractivity contribution >= 4 is 28.9 Å². The van der Waals surface area contributed by atoms with Gasteiger partial charge in [0.05, 0.1) is 29.7 Å². The number of pyridine rings is 2. The monoisotopic (exact) mass is 526 g/mol. The second kappa shape index (κ2) is 11.3. The van der Waals surface area contributed by atoms with E-state index in [0.29, 0.717) is 11.6 Å². The van der Waals surface area contributed by atoms with Gasteiger partial charge in [0.1, 0.15) is 6.61 Å². The van der Waals surface area contributed by atoms with E-state index in [9.17, 15) is 14.3 Å². The normalized spacial score (nSPS) is 14.9. The highest BCUT2D eigenvalue weighted by Crippen LogP contribution is 2.39. The number of halogens is 2. The number of aryl methyl sites for hydroxylation is 1. The van der Waals surface area contributed by atoms with Crippen LogP contribution in [-0.4, -0.2) is 47.3 Å². The average molecular weight is 527 g/mol. The molecule has 0 unspecified atom stereocenters. The number of hydrogen-bond donors (Lipinski definition) is 2. The molecule has 1 saturated heterocycles. The standard InChI is InChI=1S/C28H32ClFN4O3/c1-18-21(15-26(35)36)27(34-11-8-28(2,3)9-12-34)22(17-32-18)24-6-5-20(16-33-24)31-10-13-37-25-7-4-19(29)14-23(25)30/h4-7,14,16-17,31H,8-13,15H2,1-3H3,(H,35,36). The maximum Gasteiger partial charge on any atom is 0.307 e. The van der Waals surface area contributed by atoms with Crippen LogP contribution in [0.4, 0.5) is 15.8 Å². The van der Waals surface area contributed by atoms with E-state index >= 15 is 0 Å². The van der Waals surface area contributed by atoms with Crippen LogP contribution in [-0.2, 0) is 11.2 Å². The molecule has 1 aliphatic rings. The molecule has 3 heterocycles. The topological polar surface area (TPSA) is 87.6 Å². The number of benzene rings is 1. The molecule has 0 radical (unpaired) electrons. The summed E-state index contributed by atoms with van der Waals surface area (Å²) in [5.41, 5.74) is 4.98. The smallest absolute Gasteiger partial charge is 0.307 e. The summed E-state index contributed by atoms with van der Waals surface area (Å²) in [5, 5.41) is 13.1. The predicted molar refractivity (Wildman–Crippen MR) is 144 cm³/mol. The van der Waals surface area contributed by atoms with E-state index in [1.807, 2.05) is 19.1 Å². The van der Waals surface area contributed by atoms with E-state index in [1.165, 1.54) is 12.1 Å². The summed E-state index contributed by atoms with van der Waals surface area (Å²) in [4.78, 5) is 23.1. The molecule has 1 aliphatic heterocycles. The number of nitrogens with one attached hydrogen (secondary N) is 1. The van der Waals surface area contributed by atoms with Gasteiger partial charge in [-0.05, 0) is 55.5 Å². The minimum atomic E-state index is -0.881. The quantitative estimate of drug-likeness (QED) is 0.331. The molecule has 2 N–H and O–H groups in total. The molecule has 7 nitrogen and oxygen atoms in total. The first-order chi connectivity index (χ1) is 17.6. The van der Waals surface area contributed by atoms with Gasteiger partial charge in [0.25, 0.3) is 0 Å². The van der Waals surface area contributed by atoms with Crippen molar-refractivity contribution in [2.45, 2.75) is 40.0 Å². The van der Waals surface area contributed by atoms with Gasteiger partial charge >= 0.3 is 5.97 Å². The Bertz CT molecular complexity index is 1260. The molecule has 37 heavy (non-hydrogen) atoms. The lowest BCUT2D eigenvalue weighted by Crippen LogP contribution is -2.38. The molecule has 1 aromatic carbocycles. The van der Waals surface area contributed by atoms with Crippen molar-refractivity contribution in [3.63, 3.8) is 0 Å². The van der Waals surface area contributed by atoms with Crippen LogP contribution < -0.4 is 15.0 Å². The highest BCUT2D eigenvalue weighted by atomic mass is 35.5. The van der Waals surface area contributed by atoms with E-state index < -0.39 is 11.8 Å². The lowest BCUT2D eigenvalue weighted by Gasteiger charge is -2.40. The van der Waals surface area contributed by atoms with Crippen LogP contribution in [0.1, 0.15) is 37.9 Å². The van der Waals surface area contributed by atoms with Crippen molar-refractivity contribution in [2.75, 3.05) is 36.5 Å². The molecular formula is C28H32ClFN4O3. The summed E-state index contributed by atoms with van der Waals surface area (Å²) in [6.45, 7) is 8.81. The first kappa shape index (κ1) is 26.7. The molecule has 0 bridgehead atoms. The molecule has 0 aliphatic carbocycles. The number of aromatic nitrogens is 2. The molecule has 4 rings (SSSR count). The SMILES string of the molecule is Cc1ncc(-c2ccc(NCCOc3ccc(Cl)cc3F)cn2)c(N2CCC(C)(C)CC2)c1CC(=O)O. The molecule has 196 valence electrons. The number of carboxylic acids is 1. The number of rotatable bonds is 9. The Kier molecular flexibility index (Phi) is 8.17. The van der Waals surface area contributed by atoms with Crippen molar-refractivity contribution in [2.24, 2.45) is 5.41 Å². The van der Waals surface area contributed by atoms with Crippen LogP contribution >= 0.6 is 11.6 Å². The van der Waals surface area contributed by atoms with Crippen molar-refractivity contribution < 1.29 is 19.0 Å². The van der Waals surface area contributed by atoms with Crippen LogP contribution in [0.3, 0.4) is 0 Å². The van der Waals surface area contributed by atoms with E-state index in [4.69, 9.17) is 16.3 Å². The summed E-state index contributed by atoms with van der Waals surface area (Å²) in [6, 6.07) is 8.11. The lowest BCUT2D eigenvalue weighted by molar-refractivity contribution is -0.136. The zero-order valence-corrected chi connectivity index (χ0v) is 22.1. The van der Waals surface area contributed by atoms with E-state index in [2.05, 4.69) is 34.0 Å². The van der Waals surface area contributed by atoms with Crippen molar-refractivity contribution in [3.05, 3.63) is 64.8 Å². The van der Waals surface area contributed by atoms with Crippen molar-refractivity contribution in [3.8, 4) is 17.0 Å². The van der Waals surface area contributed by atoms with Crippen LogP contribution in [0.5, 0.6) is 5.75 Å². The van der Waals surface area contributed by atoms with E-state index in [1.54, 1.807) is 18.5 Å². The molecule has 9 heteroatoms. The maximum atomic E-state index is 13.9. The number of carboxylic acid groups (broad SMARTS) is 1. The molecule has 1 fully saturated rings. The number of carbonyl (C=O) groups is 1. The predicted octanol–water partition coefficient (Wildman–Crippen LogP) is 5.99. The Labute approximate surface area is 221 Å². The Balaban J connectivity index is 1.50. The van der Waals surface area contributed by atoms with Gasteiger partial charge in [-0.2, -0.15) is 0 Å². The molecule has 0 atom stereocenters. The van der Waals surface area contributed by atoms with Gasteiger partial charge < -0.3 is 20.1 Å². The summed E-state index contributed by atoms with van der Waals surface area (Å²) in [5.74, 6) is -1.23. The zero-order chi connectivity index (χ0) is 26.6. The molecular weight excluding hydrogens is 495 g/mol.